The van der Waals surface area contributed by atoms with Crippen LogP contribution in [0.1, 0.15) is 32.1 Å². The first-order chi connectivity index (χ1) is 5.87. The molecule has 0 amide bonds. The van der Waals surface area contributed by atoms with E-state index in [2.05, 4.69) is 11.8 Å². The molecule has 1 saturated carbocycles. The Hall–Kier alpha value is 0.310. The van der Waals surface area contributed by atoms with Crippen molar-refractivity contribution in [2.24, 2.45) is 17.1 Å². The highest BCUT2D eigenvalue weighted by Gasteiger charge is 2.41. The normalized spacial score (nSPS) is 34.2. The average Bonchev–Trinajstić information content (AvgIpc) is 2.76. The Morgan fingerprint density at radius 1 is 1.33 bits per heavy atom. The van der Waals surface area contributed by atoms with Gasteiger partial charge < -0.3 is 5.73 Å². The van der Waals surface area contributed by atoms with Gasteiger partial charge in [0.25, 0.3) is 0 Å². The highest BCUT2D eigenvalue weighted by atomic mass is 32.2. The van der Waals surface area contributed by atoms with E-state index >= 15 is 0 Å². The van der Waals surface area contributed by atoms with Crippen molar-refractivity contribution < 1.29 is 0 Å². The lowest BCUT2D eigenvalue weighted by molar-refractivity contribution is 0.197. The monoisotopic (exact) mass is 185 g/mol. The molecule has 1 heterocycles. The summed E-state index contributed by atoms with van der Waals surface area (Å²) < 4.78 is 0. The van der Waals surface area contributed by atoms with Crippen molar-refractivity contribution in [3.8, 4) is 0 Å². The summed E-state index contributed by atoms with van der Waals surface area (Å²) in [6.07, 6.45) is 7.11. The van der Waals surface area contributed by atoms with E-state index in [-0.39, 0.29) is 0 Å². The van der Waals surface area contributed by atoms with Crippen molar-refractivity contribution in [2.75, 3.05) is 18.1 Å². The summed E-state index contributed by atoms with van der Waals surface area (Å²) in [5.41, 5.74) is 6.51. The lowest BCUT2D eigenvalue weighted by Crippen LogP contribution is -2.35. The highest BCUT2D eigenvalue weighted by Crippen LogP contribution is 2.48. The van der Waals surface area contributed by atoms with Crippen molar-refractivity contribution in [1.29, 1.82) is 0 Å². The Balaban J connectivity index is 2.04. The van der Waals surface area contributed by atoms with E-state index in [1.165, 1.54) is 43.6 Å². The summed E-state index contributed by atoms with van der Waals surface area (Å²) in [6.45, 7) is 0.943. The van der Waals surface area contributed by atoms with E-state index < -0.39 is 0 Å². The first-order valence-corrected chi connectivity index (χ1v) is 6.31. The molecule has 1 atom stereocenters. The predicted octanol–water partition coefficient (Wildman–Crippen LogP) is 2.26. The van der Waals surface area contributed by atoms with Gasteiger partial charge in [0.2, 0.25) is 0 Å². The SMILES string of the molecule is NCC1(C2CCSC2)CCCC1. The lowest BCUT2D eigenvalue weighted by atomic mass is 9.74. The summed E-state index contributed by atoms with van der Waals surface area (Å²) in [7, 11) is 0. The molecule has 2 heteroatoms. The van der Waals surface area contributed by atoms with Gasteiger partial charge >= 0.3 is 0 Å². The average molecular weight is 185 g/mol. The summed E-state index contributed by atoms with van der Waals surface area (Å²) in [5, 5.41) is 0. The minimum atomic E-state index is 0.573. The van der Waals surface area contributed by atoms with Gasteiger partial charge in [-0.25, -0.2) is 0 Å². The second-order valence-electron chi connectivity index (χ2n) is 4.33. The van der Waals surface area contributed by atoms with Crippen LogP contribution in [0.4, 0.5) is 0 Å². The van der Waals surface area contributed by atoms with Crippen LogP contribution >= 0.6 is 11.8 Å². The maximum atomic E-state index is 5.94. The predicted molar refractivity (Wildman–Crippen MR) is 55.4 cm³/mol. The largest absolute Gasteiger partial charge is 0.330 e. The Kier molecular flexibility index (Phi) is 2.66. The van der Waals surface area contributed by atoms with E-state index in [0.717, 1.165) is 12.5 Å². The molecule has 70 valence electrons. The smallest absolute Gasteiger partial charge is 0.00176 e. The standard InChI is InChI=1S/C10H19NS/c11-8-10(4-1-2-5-10)9-3-6-12-7-9/h9H,1-8,11H2. The topological polar surface area (TPSA) is 26.0 Å². The quantitative estimate of drug-likeness (QED) is 0.714. The zero-order valence-corrected chi connectivity index (χ0v) is 8.54. The van der Waals surface area contributed by atoms with Crippen molar-refractivity contribution >= 4 is 11.8 Å². The Morgan fingerprint density at radius 2 is 2.08 bits per heavy atom. The molecule has 12 heavy (non-hydrogen) atoms. The number of hydrogen-bond donors (Lipinski definition) is 1. The van der Waals surface area contributed by atoms with Gasteiger partial charge in [-0.2, -0.15) is 11.8 Å². The van der Waals surface area contributed by atoms with Crippen LogP contribution in [0.25, 0.3) is 0 Å². The van der Waals surface area contributed by atoms with Crippen molar-refractivity contribution in [3.63, 3.8) is 0 Å². The van der Waals surface area contributed by atoms with Crippen molar-refractivity contribution in [2.45, 2.75) is 32.1 Å². The third kappa shape index (κ3) is 1.39. The molecule has 0 aromatic carbocycles. The van der Waals surface area contributed by atoms with Gasteiger partial charge in [0.05, 0.1) is 0 Å². The van der Waals surface area contributed by atoms with Crippen LogP contribution in [0.3, 0.4) is 0 Å². The minimum Gasteiger partial charge on any atom is -0.330 e. The molecule has 1 nitrogen and oxygen atoms in total. The molecule has 0 radical (unpaired) electrons. The third-order valence-electron chi connectivity index (χ3n) is 3.80. The molecule has 2 rings (SSSR count). The molecule has 1 saturated heterocycles. The highest BCUT2D eigenvalue weighted by molar-refractivity contribution is 7.99. The van der Waals surface area contributed by atoms with Crippen LogP contribution in [-0.2, 0) is 0 Å². The van der Waals surface area contributed by atoms with Gasteiger partial charge in [0.1, 0.15) is 0 Å². The third-order valence-corrected chi connectivity index (χ3v) is 4.96. The number of nitrogens with two attached hydrogens (primary N) is 1. The van der Waals surface area contributed by atoms with Crippen LogP contribution in [0.15, 0.2) is 0 Å². The Bertz CT molecular complexity index is 146. The molecule has 2 fully saturated rings. The first-order valence-electron chi connectivity index (χ1n) is 5.15. The summed E-state index contributed by atoms with van der Waals surface area (Å²) in [5.74, 6) is 3.72. The van der Waals surface area contributed by atoms with Crippen LogP contribution in [-0.4, -0.2) is 18.1 Å². The second kappa shape index (κ2) is 3.59. The first kappa shape index (κ1) is 8.89. The molecule has 0 spiro atoms. The summed E-state index contributed by atoms with van der Waals surface area (Å²) in [6, 6.07) is 0. The molecule has 0 aromatic rings. The van der Waals surface area contributed by atoms with E-state index in [1.54, 1.807) is 0 Å². The summed E-state index contributed by atoms with van der Waals surface area (Å²) >= 11 is 2.13. The van der Waals surface area contributed by atoms with Gasteiger partial charge in [-0.15, -0.1) is 0 Å². The van der Waals surface area contributed by atoms with Crippen molar-refractivity contribution in [1.82, 2.24) is 0 Å². The summed E-state index contributed by atoms with van der Waals surface area (Å²) in [4.78, 5) is 0. The van der Waals surface area contributed by atoms with Gasteiger partial charge in [-0.1, -0.05) is 12.8 Å². The zero-order chi connectivity index (χ0) is 8.44. The molecule has 1 aliphatic carbocycles. The van der Waals surface area contributed by atoms with E-state index in [1.807, 2.05) is 0 Å². The fourth-order valence-corrected chi connectivity index (χ4v) is 4.30. The number of hydrogen-bond acceptors (Lipinski definition) is 2. The molecule has 1 aliphatic heterocycles. The maximum Gasteiger partial charge on any atom is -0.00176 e. The number of thioether (sulfide) groups is 1. The van der Waals surface area contributed by atoms with Crippen LogP contribution in [0.5, 0.6) is 0 Å². The van der Waals surface area contributed by atoms with Gasteiger partial charge in [-0.3, -0.25) is 0 Å². The van der Waals surface area contributed by atoms with Crippen LogP contribution < -0.4 is 5.73 Å². The van der Waals surface area contributed by atoms with Crippen molar-refractivity contribution in [3.05, 3.63) is 0 Å². The molecule has 0 bridgehead atoms. The number of rotatable bonds is 2. The van der Waals surface area contributed by atoms with Gasteiger partial charge in [-0.05, 0) is 48.6 Å². The zero-order valence-electron chi connectivity index (χ0n) is 7.72. The molecule has 2 N–H and O–H groups in total. The maximum absolute atomic E-state index is 5.94. The Morgan fingerprint density at radius 3 is 2.58 bits per heavy atom. The van der Waals surface area contributed by atoms with E-state index in [4.69, 9.17) is 5.73 Å². The fourth-order valence-electron chi connectivity index (χ4n) is 2.88. The molecule has 1 unspecified atom stereocenters. The molecule has 2 aliphatic rings. The van der Waals surface area contributed by atoms with Gasteiger partial charge in [0, 0.05) is 0 Å². The van der Waals surface area contributed by atoms with Crippen LogP contribution in [0, 0.1) is 11.3 Å². The minimum absolute atomic E-state index is 0.573. The van der Waals surface area contributed by atoms with E-state index in [0.29, 0.717) is 5.41 Å². The molecular formula is C10H19NS. The van der Waals surface area contributed by atoms with Crippen LogP contribution in [0.2, 0.25) is 0 Å². The molecular weight excluding hydrogens is 166 g/mol. The fraction of sp³-hybridized carbons (Fsp3) is 1.00. The second-order valence-corrected chi connectivity index (χ2v) is 5.48. The van der Waals surface area contributed by atoms with E-state index in [9.17, 15) is 0 Å². The Labute approximate surface area is 79.5 Å². The van der Waals surface area contributed by atoms with Gasteiger partial charge in [0.15, 0.2) is 0 Å². The molecule has 0 aromatic heterocycles. The lowest BCUT2D eigenvalue weighted by Gasteiger charge is -2.33.